The SMILES string of the molecule is Cc1cc[nH]c1NC=O. The van der Waals surface area contributed by atoms with Gasteiger partial charge >= 0.3 is 0 Å². The van der Waals surface area contributed by atoms with Gasteiger partial charge in [-0.2, -0.15) is 0 Å². The minimum Gasteiger partial charge on any atom is -0.348 e. The lowest BCUT2D eigenvalue weighted by Gasteiger charge is -1.92. The fourth-order valence-corrected chi connectivity index (χ4v) is 0.662. The topological polar surface area (TPSA) is 44.9 Å². The van der Waals surface area contributed by atoms with E-state index in [0.717, 1.165) is 11.4 Å². The van der Waals surface area contributed by atoms with Crippen LogP contribution in [0.4, 0.5) is 5.82 Å². The lowest BCUT2D eigenvalue weighted by molar-refractivity contribution is -0.105. The van der Waals surface area contributed by atoms with Gasteiger partial charge in [0.15, 0.2) is 0 Å². The van der Waals surface area contributed by atoms with E-state index in [4.69, 9.17) is 0 Å². The second kappa shape index (κ2) is 2.35. The molecule has 3 nitrogen and oxygen atoms in total. The molecule has 0 aliphatic carbocycles. The molecular formula is C6H8N2O. The first-order valence-electron chi connectivity index (χ1n) is 2.69. The Morgan fingerprint density at radius 1 is 1.78 bits per heavy atom. The molecule has 1 heterocycles. The number of carbonyl (C=O) groups excluding carboxylic acids is 1. The summed E-state index contributed by atoms with van der Waals surface area (Å²) in [6.07, 6.45) is 2.43. The lowest BCUT2D eigenvalue weighted by atomic mass is 10.4. The van der Waals surface area contributed by atoms with E-state index < -0.39 is 0 Å². The van der Waals surface area contributed by atoms with Crippen molar-refractivity contribution >= 4 is 12.2 Å². The molecule has 0 unspecified atom stereocenters. The fourth-order valence-electron chi connectivity index (χ4n) is 0.662. The van der Waals surface area contributed by atoms with E-state index >= 15 is 0 Å². The van der Waals surface area contributed by atoms with Gasteiger partial charge < -0.3 is 10.3 Å². The summed E-state index contributed by atoms with van der Waals surface area (Å²) in [6, 6.07) is 1.89. The minimum absolute atomic E-state index is 0.652. The summed E-state index contributed by atoms with van der Waals surface area (Å²) in [6.45, 7) is 1.92. The molecule has 0 aliphatic heterocycles. The van der Waals surface area contributed by atoms with Gasteiger partial charge in [0.05, 0.1) is 0 Å². The molecular weight excluding hydrogens is 116 g/mol. The van der Waals surface area contributed by atoms with E-state index in [2.05, 4.69) is 10.3 Å². The van der Waals surface area contributed by atoms with Crippen molar-refractivity contribution in [1.29, 1.82) is 0 Å². The summed E-state index contributed by atoms with van der Waals surface area (Å²) in [5.74, 6) is 0.769. The fraction of sp³-hybridized carbons (Fsp3) is 0.167. The third-order valence-corrected chi connectivity index (χ3v) is 1.16. The Morgan fingerprint density at radius 2 is 2.56 bits per heavy atom. The molecule has 1 amide bonds. The lowest BCUT2D eigenvalue weighted by Crippen LogP contribution is -1.94. The van der Waals surface area contributed by atoms with Crippen LogP contribution in [-0.4, -0.2) is 11.4 Å². The van der Waals surface area contributed by atoms with Crippen LogP contribution in [0.25, 0.3) is 0 Å². The number of aryl methyl sites for hydroxylation is 1. The maximum absolute atomic E-state index is 9.89. The van der Waals surface area contributed by atoms with Gasteiger partial charge in [-0.25, -0.2) is 0 Å². The average Bonchev–Trinajstić information content (AvgIpc) is 2.18. The van der Waals surface area contributed by atoms with Crippen LogP contribution in [0.2, 0.25) is 0 Å². The maximum atomic E-state index is 9.89. The highest BCUT2D eigenvalue weighted by Crippen LogP contribution is 2.08. The smallest absolute Gasteiger partial charge is 0.212 e. The molecule has 9 heavy (non-hydrogen) atoms. The van der Waals surface area contributed by atoms with Gasteiger partial charge in [-0.1, -0.05) is 0 Å². The van der Waals surface area contributed by atoms with Gasteiger partial charge in [-0.15, -0.1) is 0 Å². The normalized spacial score (nSPS) is 9.00. The minimum atomic E-state index is 0.652. The van der Waals surface area contributed by atoms with E-state index in [1.165, 1.54) is 0 Å². The number of anilines is 1. The molecule has 0 fully saturated rings. The average molecular weight is 124 g/mol. The van der Waals surface area contributed by atoms with E-state index in [-0.39, 0.29) is 0 Å². The highest BCUT2D eigenvalue weighted by Gasteiger charge is 1.93. The zero-order valence-electron chi connectivity index (χ0n) is 5.14. The van der Waals surface area contributed by atoms with Crippen molar-refractivity contribution in [3.05, 3.63) is 17.8 Å². The first kappa shape index (κ1) is 5.88. The monoisotopic (exact) mass is 124 g/mol. The van der Waals surface area contributed by atoms with E-state index in [0.29, 0.717) is 6.41 Å². The largest absolute Gasteiger partial charge is 0.348 e. The molecule has 1 rings (SSSR count). The Morgan fingerprint density at radius 3 is 3.00 bits per heavy atom. The number of hydrogen-bond acceptors (Lipinski definition) is 1. The number of carbonyl (C=O) groups is 1. The first-order valence-corrected chi connectivity index (χ1v) is 2.69. The number of aromatic nitrogens is 1. The van der Waals surface area contributed by atoms with Crippen molar-refractivity contribution in [2.75, 3.05) is 5.32 Å². The molecule has 0 aromatic carbocycles. The zero-order valence-corrected chi connectivity index (χ0v) is 5.14. The standard InChI is InChI=1S/C6H8N2O/c1-5-2-3-7-6(5)8-4-9/h2-4,7H,1H3,(H,8,9). The highest BCUT2D eigenvalue weighted by molar-refractivity contribution is 5.70. The molecule has 48 valence electrons. The zero-order chi connectivity index (χ0) is 6.69. The third-order valence-electron chi connectivity index (χ3n) is 1.16. The quantitative estimate of drug-likeness (QED) is 0.565. The van der Waals surface area contributed by atoms with Crippen LogP contribution in [0.15, 0.2) is 12.3 Å². The number of rotatable bonds is 2. The number of aromatic amines is 1. The van der Waals surface area contributed by atoms with Crippen molar-refractivity contribution in [3.8, 4) is 0 Å². The van der Waals surface area contributed by atoms with E-state index in [9.17, 15) is 4.79 Å². The van der Waals surface area contributed by atoms with Crippen LogP contribution in [0, 0.1) is 6.92 Å². The van der Waals surface area contributed by atoms with Crippen molar-refractivity contribution < 1.29 is 4.79 Å². The Hall–Kier alpha value is -1.25. The van der Waals surface area contributed by atoms with Crippen LogP contribution >= 0.6 is 0 Å². The van der Waals surface area contributed by atoms with Crippen LogP contribution in [-0.2, 0) is 4.79 Å². The summed E-state index contributed by atoms with van der Waals surface area (Å²) in [7, 11) is 0. The summed E-state index contributed by atoms with van der Waals surface area (Å²) >= 11 is 0. The Bertz CT molecular complexity index is 205. The van der Waals surface area contributed by atoms with E-state index in [1.807, 2.05) is 13.0 Å². The predicted octanol–water partition coefficient (Wildman–Crippen LogP) is 0.891. The van der Waals surface area contributed by atoms with Gasteiger partial charge in [-0.05, 0) is 18.6 Å². The third kappa shape index (κ3) is 1.10. The molecule has 0 saturated carbocycles. The summed E-state index contributed by atoms with van der Waals surface area (Å²) in [5.41, 5.74) is 1.04. The molecule has 1 aromatic heterocycles. The van der Waals surface area contributed by atoms with Gasteiger partial charge in [-0.3, -0.25) is 4.79 Å². The molecule has 0 bridgehead atoms. The van der Waals surface area contributed by atoms with E-state index in [1.54, 1.807) is 6.20 Å². The molecule has 1 aromatic rings. The number of nitrogens with one attached hydrogen (secondary N) is 2. The summed E-state index contributed by atoms with van der Waals surface area (Å²) < 4.78 is 0. The molecule has 0 atom stereocenters. The molecule has 0 aliphatic rings. The molecule has 0 spiro atoms. The molecule has 2 N–H and O–H groups in total. The van der Waals surface area contributed by atoms with Crippen molar-refractivity contribution in [2.45, 2.75) is 6.92 Å². The van der Waals surface area contributed by atoms with Gasteiger partial charge in [0.1, 0.15) is 5.82 Å². The Labute approximate surface area is 53.1 Å². The second-order valence-corrected chi connectivity index (χ2v) is 1.80. The number of H-pyrrole nitrogens is 1. The summed E-state index contributed by atoms with van der Waals surface area (Å²) in [4.78, 5) is 12.8. The van der Waals surface area contributed by atoms with Crippen molar-refractivity contribution in [2.24, 2.45) is 0 Å². The van der Waals surface area contributed by atoms with Crippen LogP contribution in [0.5, 0.6) is 0 Å². The van der Waals surface area contributed by atoms with Gasteiger partial charge in [0.25, 0.3) is 0 Å². The van der Waals surface area contributed by atoms with Gasteiger partial charge in [0.2, 0.25) is 6.41 Å². The number of amides is 1. The number of hydrogen-bond donors (Lipinski definition) is 2. The van der Waals surface area contributed by atoms with Crippen molar-refractivity contribution in [3.63, 3.8) is 0 Å². The predicted molar refractivity (Wildman–Crippen MR) is 35.2 cm³/mol. The first-order chi connectivity index (χ1) is 4.34. The van der Waals surface area contributed by atoms with Gasteiger partial charge in [0, 0.05) is 6.20 Å². The van der Waals surface area contributed by atoms with Crippen LogP contribution < -0.4 is 5.32 Å². The highest BCUT2D eigenvalue weighted by atomic mass is 16.1. The Kier molecular flexibility index (Phi) is 1.53. The van der Waals surface area contributed by atoms with Crippen molar-refractivity contribution in [1.82, 2.24) is 4.98 Å². The van der Waals surface area contributed by atoms with Crippen LogP contribution in [0.3, 0.4) is 0 Å². The summed E-state index contributed by atoms with van der Waals surface area (Å²) in [5, 5.41) is 2.52. The Balaban J connectivity index is 2.80. The van der Waals surface area contributed by atoms with Crippen LogP contribution in [0.1, 0.15) is 5.56 Å². The molecule has 0 saturated heterocycles. The second-order valence-electron chi connectivity index (χ2n) is 1.80. The maximum Gasteiger partial charge on any atom is 0.212 e. The molecule has 3 heteroatoms. The molecule has 0 radical (unpaired) electrons.